The molecule has 3 rings (SSSR count). The third-order valence-electron chi connectivity index (χ3n) is 3.38. The molecule has 1 amide bonds. The molecule has 0 unspecified atom stereocenters. The van der Waals surface area contributed by atoms with Crippen LogP contribution in [-0.4, -0.2) is 24.0 Å². The average molecular weight is 362 g/mol. The van der Waals surface area contributed by atoms with Crippen molar-refractivity contribution in [3.8, 4) is 5.75 Å². The third kappa shape index (κ3) is 3.76. The van der Waals surface area contributed by atoms with Crippen molar-refractivity contribution in [2.45, 2.75) is 12.8 Å². The van der Waals surface area contributed by atoms with E-state index in [9.17, 15) is 4.79 Å². The van der Waals surface area contributed by atoms with Crippen LogP contribution in [0, 0.1) is 0 Å². The molecule has 1 aliphatic rings. The van der Waals surface area contributed by atoms with Gasteiger partial charge in [0, 0.05) is 22.8 Å². The number of nitrogens with one attached hydrogen (secondary N) is 2. The third-order valence-corrected chi connectivity index (χ3v) is 3.85. The average Bonchev–Trinajstić information content (AvgIpc) is 2.53. The fourth-order valence-corrected chi connectivity index (χ4v) is 2.51. The van der Waals surface area contributed by atoms with E-state index in [2.05, 4.69) is 31.5 Å². The predicted molar refractivity (Wildman–Crippen MR) is 89.3 cm³/mol. The zero-order valence-electron chi connectivity index (χ0n) is 11.9. The zero-order valence-corrected chi connectivity index (χ0v) is 13.5. The van der Waals surface area contributed by atoms with Gasteiger partial charge in [0.1, 0.15) is 18.2 Å². The van der Waals surface area contributed by atoms with Crippen molar-refractivity contribution >= 4 is 33.3 Å². The molecule has 2 aromatic rings. The number of amides is 1. The highest BCUT2D eigenvalue weighted by Crippen LogP contribution is 2.26. The number of nitrogens with zero attached hydrogens (tertiary/aromatic N) is 1. The second-order valence-corrected chi connectivity index (χ2v) is 5.92. The Morgan fingerprint density at radius 3 is 3.00 bits per heavy atom. The van der Waals surface area contributed by atoms with Crippen LogP contribution in [0.2, 0.25) is 0 Å². The molecule has 0 aliphatic carbocycles. The van der Waals surface area contributed by atoms with Crippen LogP contribution < -0.4 is 15.4 Å². The van der Waals surface area contributed by atoms with Gasteiger partial charge in [-0.25, -0.2) is 4.98 Å². The number of carbonyl (C=O) groups is 1. The summed E-state index contributed by atoms with van der Waals surface area (Å²) in [5.74, 6) is 1.72. The van der Waals surface area contributed by atoms with E-state index >= 15 is 0 Å². The topological polar surface area (TPSA) is 63.2 Å². The van der Waals surface area contributed by atoms with E-state index in [4.69, 9.17) is 4.74 Å². The lowest BCUT2D eigenvalue weighted by atomic mass is 10.0. The van der Waals surface area contributed by atoms with Gasteiger partial charge in [-0.3, -0.25) is 4.79 Å². The van der Waals surface area contributed by atoms with Crippen molar-refractivity contribution in [2.24, 2.45) is 0 Å². The van der Waals surface area contributed by atoms with Crippen molar-refractivity contribution in [1.29, 1.82) is 0 Å². The second-order valence-electron chi connectivity index (χ2n) is 5.00. The maximum absolute atomic E-state index is 11.3. The van der Waals surface area contributed by atoms with Gasteiger partial charge < -0.3 is 15.4 Å². The largest absolute Gasteiger partial charge is 0.492 e. The Morgan fingerprint density at radius 2 is 2.18 bits per heavy atom. The molecule has 114 valence electrons. The molecule has 0 atom stereocenters. The number of ether oxygens (including phenoxy) is 1. The Bertz CT molecular complexity index is 674. The molecular weight excluding hydrogens is 346 g/mol. The van der Waals surface area contributed by atoms with Gasteiger partial charge in [0.2, 0.25) is 5.91 Å². The van der Waals surface area contributed by atoms with Crippen LogP contribution in [0.3, 0.4) is 0 Å². The predicted octanol–water partition coefficient (Wildman–Crippen LogP) is 3.22. The van der Waals surface area contributed by atoms with Crippen LogP contribution in [-0.2, 0) is 11.2 Å². The number of aromatic nitrogens is 1. The van der Waals surface area contributed by atoms with Crippen LogP contribution >= 0.6 is 15.9 Å². The number of aryl methyl sites for hydroxylation is 1. The monoisotopic (exact) mass is 361 g/mol. The summed E-state index contributed by atoms with van der Waals surface area (Å²) < 4.78 is 6.69. The van der Waals surface area contributed by atoms with E-state index in [0.717, 1.165) is 33.7 Å². The minimum absolute atomic E-state index is 0.0763. The number of carbonyl (C=O) groups excluding carboxylic acids is 1. The summed E-state index contributed by atoms with van der Waals surface area (Å²) in [6.45, 7) is 1.21. The number of benzene rings is 1. The molecule has 0 fully saturated rings. The lowest BCUT2D eigenvalue weighted by Gasteiger charge is -2.17. The summed E-state index contributed by atoms with van der Waals surface area (Å²) in [7, 11) is 0. The van der Waals surface area contributed by atoms with Crippen molar-refractivity contribution < 1.29 is 9.53 Å². The zero-order chi connectivity index (χ0) is 15.4. The molecule has 2 N–H and O–H groups in total. The van der Waals surface area contributed by atoms with Crippen molar-refractivity contribution in [3.05, 3.63) is 46.6 Å². The van der Waals surface area contributed by atoms with E-state index in [1.165, 1.54) is 0 Å². The summed E-state index contributed by atoms with van der Waals surface area (Å²) in [6, 6.07) is 9.61. The van der Waals surface area contributed by atoms with Crippen LogP contribution in [0.15, 0.2) is 41.0 Å². The molecule has 22 heavy (non-hydrogen) atoms. The molecule has 6 heteroatoms. The van der Waals surface area contributed by atoms with E-state index in [0.29, 0.717) is 19.6 Å². The summed E-state index contributed by atoms with van der Waals surface area (Å²) in [5.41, 5.74) is 2.01. The fraction of sp³-hybridized carbons (Fsp3) is 0.250. The fourth-order valence-electron chi connectivity index (χ4n) is 2.28. The van der Waals surface area contributed by atoms with Gasteiger partial charge in [0.15, 0.2) is 0 Å². The molecule has 1 aromatic carbocycles. The molecule has 0 saturated heterocycles. The first-order chi connectivity index (χ1) is 10.7. The SMILES string of the molecule is O=C1CCc2cc(OCCNc3ccc(Br)cn3)ccc2N1. The number of anilines is 2. The van der Waals surface area contributed by atoms with Crippen LogP contribution in [0.5, 0.6) is 5.75 Å². The summed E-state index contributed by atoms with van der Waals surface area (Å²) in [4.78, 5) is 15.6. The first-order valence-corrected chi connectivity index (χ1v) is 7.91. The van der Waals surface area contributed by atoms with Gasteiger partial charge >= 0.3 is 0 Å². The summed E-state index contributed by atoms with van der Waals surface area (Å²) >= 11 is 3.35. The van der Waals surface area contributed by atoms with Gasteiger partial charge in [0.25, 0.3) is 0 Å². The molecule has 0 radical (unpaired) electrons. The molecule has 1 aliphatic heterocycles. The molecule has 0 saturated carbocycles. The lowest BCUT2D eigenvalue weighted by molar-refractivity contribution is -0.116. The second kappa shape index (κ2) is 6.79. The highest BCUT2D eigenvalue weighted by atomic mass is 79.9. The Kier molecular flexibility index (Phi) is 4.58. The quantitative estimate of drug-likeness (QED) is 0.802. The first kappa shape index (κ1) is 14.8. The standard InChI is InChI=1S/C16H16BrN3O2/c17-12-2-5-15(19-10-12)18-7-8-22-13-3-4-14-11(9-13)1-6-16(21)20-14/h2-5,9-10H,1,6-8H2,(H,18,19)(H,20,21). The molecular formula is C16H16BrN3O2. The van der Waals surface area contributed by atoms with E-state index in [1.807, 2.05) is 30.3 Å². The highest BCUT2D eigenvalue weighted by molar-refractivity contribution is 9.10. The summed E-state index contributed by atoms with van der Waals surface area (Å²) in [6.07, 6.45) is 3.05. The number of pyridine rings is 1. The number of hydrogen-bond acceptors (Lipinski definition) is 4. The maximum Gasteiger partial charge on any atom is 0.224 e. The Balaban J connectivity index is 1.49. The first-order valence-electron chi connectivity index (χ1n) is 7.12. The Morgan fingerprint density at radius 1 is 1.27 bits per heavy atom. The minimum atomic E-state index is 0.0763. The van der Waals surface area contributed by atoms with Gasteiger partial charge in [-0.05, 0) is 58.2 Å². The molecule has 2 heterocycles. The normalized spacial score (nSPS) is 13.2. The van der Waals surface area contributed by atoms with E-state index in [-0.39, 0.29) is 5.91 Å². The van der Waals surface area contributed by atoms with Gasteiger partial charge in [-0.15, -0.1) is 0 Å². The highest BCUT2D eigenvalue weighted by Gasteiger charge is 2.14. The molecule has 1 aromatic heterocycles. The molecule has 0 spiro atoms. The minimum Gasteiger partial charge on any atom is -0.492 e. The Labute approximate surface area is 137 Å². The Hall–Kier alpha value is -2.08. The number of halogens is 1. The molecule has 0 bridgehead atoms. The van der Waals surface area contributed by atoms with Gasteiger partial charge in [-0.2, -0.15) is 0 Å². The number of hydrogen-bond donors (Lipinski definition) is 2. The van der Waals surface area contributed by atoms with Crippen LogP contribution in [0.4, 0.5) is 11.5 Å². The van der Waals surface area contributed by atoms with Crippen molar-refractivity contribution in [3.63, 3.8) is 0 Å². The van der Waals surface area contributed by atoms with Crippen molar-refractivity contribution in [1.82, 2.24) is 4.98 Å². The summed E-state index contributed by atoms with van der Waals surface area (Å²) in [5, 5.41) is 6.06. The number of fused-ring (bicyclic) bond motifs is 1. The van der Waals surface area contributed by atoms with Crippen LogP contribution in [0.25, 0.3) is 0 Å². The number of rotatable bonds is 5. The van der Waals surface area contributed by atoms with Gasteiger partial charge in [-0.1, -0.05) is 0 Å². The molecule has 5 nitrogen and oxygen atoms in total. The van der Waals surface area contributed by atoms with E-state index in [1.54, 1.807) is 6.20 Å². The van der Waals surface area contributed by atoms with Crippen LogP contribution in [0.1, 0.15) is 12.0 Å². The maximum atomic E-state index is 11.3. The van der Waals surface area contributed by atoms with Gasteiger partial charge in [0.05, 0.1) is 6.54 Å². The lowest BCUT2D eigenvalue weighted by Crippen LogP contribution is -2.19. The van der Waals surface area contributed by atoms with E-state index < -0.39 is 0 Å². The van der Waals surface area contributed by atoms with Crippen molar-refractivity contribution in [2.75, 3.05) is 23.8 Å². The smallest absolute Gasteiger partial charge is 0.224 e.